The summed E-state index contributed by atoms with van der Waals surface area (Å²) < 4.78 is 0. The minimum Gasteiger partial charge on any atom is -0.372 e. The molecule has 1 unspecified atom stereocenters. The number of hydrogen-bond donors (Lipinski definition) is 2. The first-order valence-electron chi connectivity index (χ1n) is 9.10. The molecule has 1 atom stereocenters. The van der Waals surface area contributed by atoms with Crippen LogP contribution in [0.2, 0.25) is 0 Å². The van der Waals surface area contributed by atoms with Crippen molar-refractivity contribution in [2.24, 2.45) is 4.99 Å². The number of nitrogens with zero attached hydrogens (tertiary/aromatic N) is 2. The average molecular weight is 329 g/mol. The SMILES string of the molecule is C=C/C=C\C1=C(C)CN(CCC2=N/C(C)NCCCC/C=C\2)CN1. The molecule has 0 fully saturated rings. The summed E-state index contributed by atoms with van der Waals surface area (Å²) >= 11 is 0. The summed E-state index contributed by atoms with van der Waals surface area (Å²) in [7, 11) is 0. The largest absolute Gasteiger partial charge is 0.372 e. The third-order valence-electron chi connectivity index (χ3n) is 4.40. The summed E-state index contributed by atoms with van der Waals surface area (Å²) in [5.74, 6) is 0. The Hall–Kier alpha value is -1.65. The van der Waals surface area contributed by atoms with E-state index in [1.165, 1.54) is 29.8 Å². The van der Waals surface area contributed by atoms with E-state index in [-0.39, 0.29) is 6.17 Å². The Kier molecular flexibility index (Phi) is 7.99. The highest BCUT2D eigenvalue weighted by Gasteiger charge is 2.14. The second-order valence-corrected chi connectivity index (χ2v) is 6.57. The Labute approximate surface area is 147 Å². The van der Waals surface area contributed by atoms with Gasteiger partial charge >= 0.3 is 0 Å². The Morgan fingerprint density at radius 2 is 2.29 bits per heavy atom. The van der Waals surface area contributed by atoms with Crippen LogP contribution in [0.3, 0.4) is 0 Å². The van der Waals surface area contributed by atoms with Crippen LogP contribution in [0.15, 0.2) is 53.2 Å². The predicted octanol–water partition coefficient (Wildman–Crippen LogP) is 3.37. The van der Waals surface area contributed by atoms with Crippen molar-refractivity contribution in [3.05, 3.63) is 48.2 Å². The Morgan fingerprint density at radius 1 is 1.42 bits per heavy atom. The minimum atomic E-state index is 0.208. The van der Waals surface area contributed by atoms with Gasteiger partial charge in [0.1, 0.15) is 0 Å². The standard InChI is InChI=1S/C20H32N4/c1-4-5-11-20-17(2)15-24(16-22-20)14-12-19-10-8-6-7-9-13-21-18(3)23-19/h4-5,8,10-11,18,21-22H,1,6-7,9,12-16H2,2-3H3/b10-8-,11-5-,23-19+. The van der Waals surface area contributed by atoms with E-state index in [0.29, 0.717) is 0 Å². The van der Waals surface area contributed by atoms with E-state index in [2.05, 4.69) is 54.2 Å². The van der Waals surface area contributed by atoms with Crippen molar-refractivity contribution in [2.45, 2.75) is 45.7 Å². The molecule has 2 aliphatic rings. The van der Waals surface area contributed by atoms with Gasteiger partial charge in [0, 0.05) is 30.9 Å². The molecule has 0 aromatic rings. The van der Waals surface area contributed by atoms with Crippen molar-refractivity contribution in [2.75, 3.05) is 26.3 Å². The Morgan fingerprint density at radius 3 is 3.08 bits per heavy atom. The molecule has 0 saturated heterocycles. The van der Waals surface area contributed by atoms with Gasteiger partial charge in [-0.05, 0) is 57.4 Å². The molecule has 132 valence electrons. The van der Waals surface area contributed by atoms with Crippen LogP contribution in [0.5, 0.6) is 0 Å². The van der Waals surface area contributed by atoms with Crippen LogP contribution in [-0.2, 0) is 0 Å². The summed E-state index contributed by atoms with van der Waals surface area (Å²) in [6, 6.07) is 0. The lowest BCUT2D eigenvalue weighted by molar-refractivity contribution is 0.275. The third kappa shape index (κ3) is 6.46. The molecule has 0 amide bonds. The average Bonchev–Trinajstić information content (AvgIpc) is 2.58. The van der Waals surface area contributed by atoms with Crippen LogP contribution in [0.4, 0.5) is 0 Å². The molecule has 0 spiro atoms. The molecule has 2 heterocycles. The quantitative estimate of drug-likeness (QED) is 0.760. The molecule has 2 aliphatic heterocycles. The Balaban J connectivity index is 1.89. The fourth-order valence-corrected chi connectivity index (χ4v) is 3.02. The van der Waals surface area contributed by atoms with Gasteiger partial charge in [-0.2, -0.15) is 0 Å². The van der Waals surface area contributed by atoms with Gasteiger partial charge in [0.25, 0.3) is 0 Å². The van der Waals surface area contributed by atoms with Crippen LogP contribution in [-0.4, -0.2) is 43.1 Å². The number of allylic oxidation sites excluding steroid dienone is 5. The summed E-state index contributed by atoms with van der Waals surface area (Å²) in [6.07, 6.45) is 15.2. The van der Waals surface area contributed by atoms with Crippen molar-refractivity contribution in [3.8, 4) is 0 Å². The fourth-order valence-electron chi connectivity index (χ4n) is 3.02. The van der Waals surface area contributed by atoms with Crippen LogP contribution < -0.4 is 10.6 Å². The van der Waals surface area contributed by atoms with Crippen molar-refractivity contribution in [1.82, 2.24) is 15.5 Å². The zero-order chi connectivity index (χ0) is 17.2. The van der Waals surface area contributed by atoms with Gasteiger partial charge in [-0.15, -0.1) is 0 Å². The van der Waals surface area contributed by atoms with E-state index >= 15 is 0 Å². The first-order chi connectivity index (χ1) is 11.7. The van der Waals surface area contributed by atoms with Gasteiger partial charge < -0.3 is 5.32 Å². The van der Waals surface area contributed by atoms with E-state index in [1.54, 1.807) is 0 Å². The molecule has 0 radical (unpaired) electrons. The van der Waals surface area contributed by atoms with Crippen molar-refractivity contribution in [1.29, 1.82) is 0 Å². The van der Waals surface area contributed by atoms with Gasteiger partial charge in [-0.3, -0.25) is 15.2 Å². The lowest BCUT2D eigenvalue weighted by Crippen LogP contribution is -2.41. The highest BCUT2D eigenvalue weighted by atomic mass is 15.2. The zero-order valence-electron chi connectivity index (χ0n) is 15.2. The topological polar surface area (TPSA) is 39.7 Å². The van der Waals surface area contributed by atoms with Crippen molar-refractivity contribution < 1.29 is 0 Å². The number of hydrogen-bond acceptors (Lipinski definition) is 4. The molecule has 2 N–H and O–H groups in total. The van der Waals surface area contributed by atoms with Gasteiger partial charge in [0.15, 0.2) is 0 Å². The second-order valence-electron chi connectivity index (χ2n) is 6.57. The van der Waals surface area contributed by atoms with E-state index in [1.807, 2.05) is 12.2 Å². The van der Waals surface area contributed by atoms with Crippen LogP contribution >= 0.6 is 0 Å². The monoisotopic (exact) mass is 328 g/mol. The van der Waals surface area contributed by atoms with Crippen molar-refractivity contribution >= 4 is 5.71 Å². The normalized spacial score (nSPS) is 27.4. The first kappa shape index (κ1) is 18.7. The lowest BCUT2D eigenvalue weighted by atomic mass is 10.1. The van der Waals surface area contributed by atoms with Crippen LogP contribution in [0.25, 0.3) is 0 Å². The number of rotatable bonds is 5. The third-order valence-corrected chi connectivity index (χ3v) is 4.40. The summed E-state index contributed by atoms with van der Waals surface area (Å²) in [4.78, 5) is 7.27. The summed E-state index contributed by atoms with van der Waals surface area (Å²) in [5.41, 5.74) is 3.80. The molecule has 0 aromatic heterocycles. The molecule has 0 saturated carbocycles. The molecule has 4 heteroatoms. The molecular formula is C20H32N4. The van der Waals surface area contributed by atoms with Crippen LogP contribution in [0, 0.1) is 0 Å². The fraction of sp³-hybridized carbons (Fsp3) is 0.550. The second kappa shape index (κ2) is 10.3. The van der Waals surface area contributed by atoms with Gasteiger partial charge in [0.05, 0.1) is 12.8 Å². The number of aliphatic imine (C=N–C) groups is 1. The molecule has 0 aromatic carbocycles. The maximum absolute atomic E-state index is 4.83. The zero-order valence-corrected chi connectivity index (χ0v) is 15.2. The smallest absolute Gasteiger partial charge is 0.0968 e. The maximum atomic E-state index is 4.83. The van der Waals surface area contributed by atoms with E-state index in [9.17, 15) is 0 Å². The maximum Gasteiger partial charge on any atom is 0.0968 e. The highest BCUT2D eigenvalue weighted by Crippen LogP contribution is 2.12. The van der Waals surface area contributed by atoms with Gasteiger partial charge in [-0.25, -0.2) is 0 Å². The Bertz CT molecular complexity index is 528. The summed E-state index contributed by atoms with van der Waals surface area (Å²) in [6.45, 7) is 12.0. The highest BCUT2D eigenvalue weighted by molar-refractivity contribution is 5.95. The van der Waals surface area contributed by atoms with Crippen LogP contribution in [0.1, 0.15) is 39.5 Å². The van der Waals surface area contributed by atoms with Gasteiger partial charge in [0.2, 0.25) is 0 Å². The van der Waals surface area contributed by atoms with E-state index in [0.717, 1.165) is 39.1 Å². The first-order valence-corrected chi connectivity index (χ1v) is 9.10. The molecule has 2 rings (SSSR count). The lowest BCUT2D eigenvalue weighted by Gasteiger charge is -2.30. The number of nitrogens with one attached hydrogen (secondary N) is 2. The minimum absolute atomic E-state index is 0.208. The van der Waals surface area contributed by atoms with Crippen molar-refractivity contribution in [3.63, 3.8) is 0 Å². The van der Waals surface area contributed by atoms with E-state index in [4.69, 9.17) is 4.99 Å². The molecular weight excluding hydrogens is 296 g/mol. The molecule has 24 heavy (non-hydrogen) atoms. The predicted molar refractivity (Wildman–Crippen MR) is 104 cm³/mol. The molecule has 0 bridgehead atoms. The van der Waals surface area contributed by atoms with Gasteiger partial charge in [-0.1, -0.05) is 24.8 Å². The molecule has 0 aliphatic carbocycles. The molecule has 4 nitrogen and oxygen atoms in total. The summed E-state index contributed by atoms with van der Waals surface area (Å²) in [5, 5.41) is 6.97. The van der Waals surface area contributed by atoms with E-state index < -0.39 is 0 Å².